The van der Waals surface area contributed by atoms with Gasteiger partial charge in [0.1, 0.15) is 11.8 Å². The van der Waals surface area contributed by atoms with E-state index in [1.165, 1.54) is 12.1 Å². The van der Waals surface area contributed by atoms with Crippen molar-refractivity contribution in [3.05, 3.63) is 65.9 Å². The number of hydrogen-bond acceptors (Lipinski definition) is 6. The van der Waals surface area contributed by atoms with Crippen LogP contribution in [0.3, 0.4) is 0 Å². The number of unbranched alkanes of at least 4 members (excludes halogenated alkanes) is 3. The number of nitrogens with two attached hydrogens (primary N) is 1. The number of benzene rings is 2. The van der Waals surface area contributed by atoms with E-state index in [2.05, 4.69) is 17.2 Å². The highest BCUT2D eigenvalue weighted by Gasteiger charge is 2.18. The highest BCUT2D eigenvalue weighted by molar-refractivity contribution is 7.89. The van der Waals surface area contributed by atoms with Crippen molar-refractivity contribution in [3.63, 3.8) is 0 Å². The number of nitrogens with zero attached hydrogens (tertiary/aromatic N) is 3. The van der Waals surface area contributed by atoms with Gasteiger partial charge in [-0.1, -0.05) is 74.2 Å². The second-order valence-electron chi connectivity index (χ2n) is 7.97. The van der Waals surface area contributed by atoms with Crippen LogP contribution < -0.4 is 5.14 Å². The van der Waals surface area contributed by atoms with Crippen LogP contribution in [0.15, 0.2) is 59.6 Å². The summed E-state index contributed by atoms with van der Waals surface area (Å²) >= 11 is 0. The maximum atomic E-state index is 11.4. The molecule has 9 heteroatoms. The van der Waals surface area contributed by atoms with Gasteiger partial charge in [0.05, 0.1) is 23.7 Å². The highest BCUT2D eigenvalue weighted by Crippen LogP contribution is 2.22. The van der Waals surface area contributed by atoms with Crippen LogP contribution in [-0.4, -0.2) is 39.7 Å². The SMILES string of the molecule is CCCCCCC(O)C(O)c1ccc(Cn2cc(-c3ccc(S(N)(=O)=O)cc3)nn2)cc1. The first kappa shape index (κ1) is 24.1. The van der Waals surface area contributed by atoms with Gasteiger partial charge < -0.3 is 10.2 Å². The maximum Gasteiger partial charge on any atom is 0.238 e. The largest absolute Gasteiger partial charge is 0.390 e. The van der Waals surface area contributed by atoms with Crippen molar-refractivity contribution in [2.24, 2.45) is 5.14 Å². The van der Waals surface area contributed by atoms with Crippen LogP contribution in [0.2, 0.25) is 0 Å². The van der Waals surface area contributed by atoms with Crippen molar-refractivity contribution >= 4 is 10.0 Å². The van der Waals surface area contributed by atoms with Crippen molar-refractivity contribution in [3.8, 4) is 11.3 Å². The summed E-state index contributed by atoms with van der Waals surface area (Å²) in [6.07, 6.45) is 4.94. The normalized spacial score (nSPS) is 13.8. The van der Waals surface area contributed by atoms with E-state index in [0.717, 1.165) is 36.8 Å². The number of aliphatic hydroxyl groups is 2. The van der Waals surface area contributed by atoms with Gasteiger partial charge in [0, 0.05) is 5.56 Å². The zero-order valence-electron chi connectivity index (χ0n) is 18.1. The lowest BCUT2D eigenvalue weighted by molar-refractivity contribution is 0.0120. The lowest BCUT2D eigenvalue weighted by Crippen LogP contribution is -2.18. The molecular weight excluding hydrogens is 428 g/mol. The summed E-state index contributed by atoms with van der Waals surface area (Å²) < 4.78 is 24.4. The molecule has 0 aliphatic carbocycles. The molecule has 2 atom stereocenters. The predicted octanol–water partition coefficient (Wildman–Crippen LogP) is 3.01. The fraction of sp³-hybridized carbons (Fsp3) is 0.391. The molecule has 3 rings (SSSR count). The molecule has 0 bridgehead atoms. The Balaban J connectivity index is 1.60. The third-order valence-electron chi connectivity index (χ3n) is 5.40. The van der Waals surface area contributed by atoms with Crippen LogP contribution in [-0.2, 0) is 16.6 Å². The summed E-state index contributed by atoms with van der Waals surface area (Å²) in [4.78, 5) is 0.0435. The summed E-state index contributed by atoms with van der Waals surface area (Å²) in [6.45, 7) is 2.62. The van der Waals surface area contributed by atoms with Gasteiger partial charge >= 0.3 is 0 Å². The Morgan fingerprint density at radius 3 is 2.31 bits per heavy atom. The second-order valence-corrected chi connectivity index (χ2v) is 9.54. The van der Waals surface area contributed by atoms with Gasteiger partial charge in [0.25, 0.3) is 0 Å². The summed E-state index contributed by atoms with van der Waals surface area (Å²) in [5, 5.41) is 34.0. The average molecular weight is 459 g/mol. The van der Waals surface area contributed by atoms with Gasteiger partial charge in [-0.25, -0.2) is 18.2 Å². The standard InChI is InChI=1S/C23H30N4O4S/c1-2-3-4-5-6-22(28)23(29)19-9-7-17(8-10-19)15-27-16-21(25-26-27)18-11-13-20(14-12-18)32(24,30)31/h7-14,16,22-23,28-29H,2-6,15H2,1H3,(H2,24,30,31). The van der Waals surface area contributed by atoms with Gasteiger partial charge in [-0.3, -0.25) is 0 Å². The van der Waals surface area contributed by atoms with Gasteiger partial charge in [-0.05, 0) is 29.7 Å². The minimum atomic E-state index is -3.73. The van der Waals surface area contributed by atoms with E-state index in [4.69, 9.17) is 5.14 Å². The number of primary sulfonamides is 1. The van der Waals surface area contributed by atoms with Gasteiger partial charge in [-0.15, -0.1) is 5.10 Å². The molecule has 3 aromatic rings. The molecule has 0 saturated heterocycles. The van der Waals surface area contributed by atoms with E-state index >= 15 is 0 Å². The maximum absolute atomic E-state index is 11.4. The van der Waals surface area contributed by atoms with Crippen molar-refractivity contribution in [2.45, 2.75) is 62.7 Å². The Bertz CT molecular complexity index is 1100. The third-order valence-corrected chi connectivity index (χ3v) is 6.33. The predicted molar refractivity (Wildman–Crippen MR) is 122 cm³/mol. The molecule has 4 N–H and O–H groups in total. The highest BCUT2D eigenvalue weighted by atomic mass is 32.2. The zero-order valence-corrected chi connectivity index (χ0v) is 18.9. The Labute approximate surface area is 188 Å². The Morgan fingerprint density at radius 2 is 1.69 bits per heavy atom. The summed E-state index contributed by atoms with van der Waals surface area (Å²) in [7, 11) is -3.73. The van der Waals surface area contributed by atoms with Crippen LogP contribution >= 0.6 is 0 Å². The van der Waals surface area contributed by atoms with E-state index in [-0.39, 0.29) is 4.90 Å². The van der Waals surface area contributed by atoms with E-state index in [9.17, 15) is 18.6 Å². The van der Waals surface area contributed by atoms with Gasteiger partial charge in [-0.2, -0.15) is 0 Å². The summed E-state index contributed by atoms with van der Waals surface area (Å²) in [5.41, 5.74) is 3.00. The average Bonchev–Trinajstić information content (AvgIpc) is 3.24. The van der Waals surface area contributed by atoms with E-state index in [1.54, 1.807) is 23.0 Å². The fourth-order valence-corrected chi connectivity index (χ4v) is 4.01. The minimum absolute atomic E-state index is 0.0435. The second kappa shape index (κ2) is 10.8. The molecule has 1 heterocycles. The fourth-order valence-electron chi connectivity index (χ4n) is 3.49. The molecule has 172 valence electrons. The molecule has 1 aromatic heterocycles. The van der Waals surface area contributed by atoms with E-state index in [1.807, 2.05) is 24.3 Å². The van der Waals surface area contributed by atoms with Crippen LogP contribution in [0, 0.1) is 0 Å². The number of hydrogen-bond donors (Lipinski definition) is 3. The lowest BCUT2D eigenvalue weighted by atomic mass is 9.98. The quantitative estimate of drug-likeness (QED) is 0.379. The monoisotopic (exact) mass is 458 g/mol. The molecule has 0 radical (unpaired) electrons. The van der Waals surface area contributed by atoms with Gasteiger partial charge in [0.15, 0.2) is 0 Å². The molecule has 0 saturated carbocycles. The Morgan fingerprint density at radius 1 is 1.00 bits per heavy atom. The molecule has 32 heavy (non-hydrogen) atoms. The summed E-state index contributed by atoms with van der Waals surface area (Å²) in [5.74, 6) is 0. The lowest BCUT2D eigenvalue weighted by Gasteiger charge is -2.18. The number of sulfonamides is 1. The first-order valence-electron chi connectivity index (χ1n) is 10.8. The number of aliphatic hydroxyl groups excluding tert-OH is 2. The van der Waals surface area contributed by atoms with Crippen molar-refractivity contribution < 1.29 is 18.6 Å². The molecule has 0 fully saturated rings. The third kappa shape index (κ3) is 6.46. The van der Waals surface area contributed by atoms with Crippen LogP contribution in [0.1, 0.15) is 56.3 Å². The molecule has 2 aromatic carbocycles. The molecule has 0 spiro atoms. The van der Waals surface area contributed by atoms with E-state index < -0.39 is 22.2 Å². The molecule has 0 amide bonds. The van der Waals surface area contributed by atoms with E-state index in [0.29, 0.717) is 24.2 Å². The van der Waals surface area contributed by atoms with Crippen LogP contribution in [0.4, 0.5) is 0 Å². The molecule has 2 unspecified atom stereocenters. The van der Waals surface area contributed by atoms with Crippen molar-refractivity contribution in [2.75, 3.05) is 0 Å². The molecule has 0 aliphatic rings. The number of rotatable bonds is 11. The van der Waals surface area contributed by atoms with Gasteiger partial charge in [0.2, 0.25) is 10.0 Å². The molecule has 8 nitrogen and oxygen atoms in total. The number of aromatic nitrogens is 3. The molecular formula is C23H30N4O4S. The summed E-state index contributed by atoms with van der Waals surface area (Å²) in [6, 6.07) is 13.6. The minimum Gasteiger partial charge on any atom is -0.390 e. The Kier molecular flexibility index (Phi) is 8.14. The zero-order chi connectivity index (χ0) is 23.1. The van der Waals surface area contributed by atoms with Crippen molar-refractivity contribution in [1.29, 1.82) is 0 Å². The van der Waals surface area contributed by atoms with Crippen LogP contribution in [0.25, 0.3) is 11.3 Å². The first-order valence-corrected chi connectivity index (χ1v) is 12.3. The topological polar surface area (TPSA) is 131 Å². The first-order chi connectivity index (χ1) is 15.3. The molecule has 0 aliphatic heterocycles. The smallest absolute Gasteiger partial charge is 0.238 e. The Hall–Kier alpha value is -2.59. The van der Waals surface area contributed by atoms with Crippen molar-refractivity contribution in [1.82, 2.24) is 15.0 Å². The van der Waals surface area contributed by atoms with Crippen LogP contribution in [0.5, 0.6) is 0 Å².